The van der Waals surface area contributed by atoms with Crippen LogP contribution in [0.5, 0.6) is 0 Å². The number of carbonyl (C=O) groups is 1. The minimum atomic E-state index is -0.542. The molecule has 0 saturated carbocycles. The second-order valence-corrected chi connectivity index (χ2v) is 6.74. The van der Waals surface area contributed by atoms with Crippen LogP contribution in [0.1, 0.15) is 26.3 Å². The summed E-state index contributed by atoms with van der Waals surface area (Å²) in [4.78, 5) is 30.2. The number of nitrogen functional groups attached to an aromatic ring is 1. The van der Waals surface area contributed by atoms with Crippen molar-refractivity contribution in [2.45, 2.75) is 33.3 Å². The highest BCUT2D eigenvalue weighted by Gasteiger charge is 2.27. The summed E-state index contributed by atoms with van der Waals surface area (Å²) in [6, 6.07) is 1.43. The molecule has 1 aromatic rings. The van der Waals surface area contributed by atoms with E-state index in [1.165, 1.54) is 6.07 Å². The smallest absolute Gasteiger partial charge is 0.410 e. The van der Waals surface area contributed by atoms with Gasteiger partial charge in [0.15, 0.2) is 0 Å². The fraction of sp³-hybridized carbons (Fsp3) is 0.600. The molecule has 1 aliphatic rings. The second kappa shape index (κ2) is 6.50. The number of piperazine rings is 1. The molecule has 0 radical (unpaired) electrons. The third-order valence-corrected chi connectivity index (χ3v) is 3.62. The molecule has 9 nitrogen and oxygen atoms in total. The third kappa shape index (κ3) is 4.03. The van der Waals surface area contributed by atoms with Crippen LogP contribution in [0.15, 0.2) is 6.07 Å². The molecule has 0 atom stereocenters. The minimum Gasteiger partial charge on any atom is -0.444 e. The number of amides is 1. The normalized spacial score (nSPS) is 15.3. The van der Waals surface area contributed by atoms with Gasteiger partial charge in [0.05, 0.1) is 4.92 Å². The van der Waals surface area contributed by atoms with Crippen molar-refractivity contribution in [2.24, 2.45) is 0 Å². The molecule has 0 bridgehead atoms. The van der Waals surface area contributed by atoms with Crippen molar-refractivity contribution < 1.29 is 14.5 Å². The van der Waals surface area contributed by atoms with Gasteiger partial charge < -0.3 is 20.3 Å². The predicted octanol–water partition coefficient (Wildman–Crippen LogP) is 1.94. The number of rotatable bonds is 2. The van der Waals surface area contributed by atoms with Crippen molar-refractivity contribution in [2.75, 3.05) is 36.8 Å². The first kappa shape index (κ1) is 17.8. The van der Waals surface area contributed by atoms with Crippen LogP contribution in [0.2, 0.25) is 0 Å². The molecule has 0 aromatic carbocycles. The summed E-state index contributed by atoms with van der Waals surface area (Å²) in [5.74, 6) is 0.511. The van der Waals surface area contributed by atoms with Crippen molar-refractivity contribution in [3.05, 3.63) is 21.7 Å². The Morgan fingerprint density at radius 1 is 1.33 bits per heavy atom. The van der Waals surface area contributed by atoms with Crippen LogP contribution in [0.25, 0.3) is 0 Å². The first-order chi connectivity index (χ1) is 11.1. The molecule has 1 amide bonds. The van der Waals surface area contributed by atoms with Gasteiger partial charge in [0.2, 0.25) is 5.82 Å². The van der Waals surface area contributed by atoms with Crippen LogP contribution in [0.4, 0.5) is 22.1 Å². The molecule has 1 fully saturated rings. The van der Waals surface area contributed by atoms with E-state index in [0.29, 0.717) is 37.6 Å². The molecular weight excluding hydrogens is 314 g/mol. The number of nitrogens with two attached hydrogens (primary N) is 1. The topological polar surface area (TPSA) is 115 Å². The van der Waals surface area contributed by atoms with Crippen LogP contribution < -0.4 is 10.6 Å². The lowest BCUT2D eigenvalue weighted by Crippen LogP contribution is -2.50. The number of pyridine rings is 1. The van der Waals surface area contributed by atoms with Gasteiger partial charge in [-0.05, 0) is 33.3 Å². The van der Waals surface area contributed by atoms with Gasteiger partial charge in [0, 0.05) is 32.2 Å². The van der Waals surface area contributed by atoms with Gasteiger partial charge in [-0.25, -0.2) is 9.78 Å². The maximum Gasteiger partial charge on any atom is 0.410 e. The Labute approximate surface area is 140 Å². The maximum absolute atomic E-state index is 12.1. The quantitative estimate of drug-likeness (QED) is 0.647. The molecule has 0 spiro atoms. The third-order valence-electron chi connectivity index (χ3n) is 3.62. The van der Waals surface area contributed by atoms with Gasteiger partial charge in [-0.15, -0.1) is 0 Å². The van der Waals surface area contributed by atoms with Crippen LogP contribution in [0, 0.1) is 17.0 Å². The Kier molecular flexibility index (Phi) is 4.81. The van der Waals surface area contributed by atoms with Gasteiger partial charge in [0.25, 0.3) is 0 Å². The zero-order valence-electron chi connectivity index (χ0n) is 14.4. The summed E-state index contributed by atoms with van der Waals surface area (Å²) in [5.41, 5.74) is 5.64. The number of hydrogen-bond acceptors (Lipinski definition) is 7. The first-order valence-electron chi connectivity index (χ1n) is 7.73. The Morgan fingerprint density at radius 2 is 1.92 bits per heavy atom. The number of anilines is 2. The summed E-state index contributed by atoms with van der Waals surface area (Å²) in [5, 5.41) is 10.9. The van der Waals surface area contributed by atoms with Crippen LogP contribution in [0.3, 0.4) is 0 Å². The molecule has 0 unspecified atom stereocenters. The summed E-state index contributed by atoms with van der Waals surface area (Å²) >= 11 is 0. The Balaban J connectivity index is 2.06. The average Bonchev–Trinajstić information content (AvgIpc) is 2.47. The van der Waals surface area contributed by atoms with Gasteiger partial charge >= 0.3 is 11.8 Å². The fourth-order valence-electron chi connectivity index (χ4n) is 2.50. The number of aryl methyl sites for hydroxylation is 1. The fourth-order valence-corrected chi connectivity index (χ4v) is 2.50. The van der Waals surface area contributed by atoms with E-state index in [4.69, 9.17) is 10.5 Å². The molecule has 24 heavy (non-hydrogen) atoms. The van der Waals surface area contributed by atoms with Crippen LogP contribution >= 0.6 is 0 Å². The molecular formula is C15H23N5O4. The lowest BCUT2D eigenvalue weighted by molar-refractivity contribution is -0.384. The van der Waals surface area contributed by atoms with E-state index >= 15 is 0 Å². The van der Waals surface area contributed by atoms with Crippen molar-refractivity contribution in [1.29, 1.82) is 0 Å². The van der Waals surface area contributed by atoms with Crippen molar-refractivity contribution in [3.63, 3.8) is 0 Å². The van der Waals surface area contributed by atoms with Gasteiger partial charge in [0.1, 0.15) is 11.4 Å². The number of carbonyl (C=O) groups excluding carboxylic acids is 1. The number of nitro groups is 1. The highest BCUT2D eigenvalue weighted by atomic mass is 16.6. The maximum atomic E-state index is 12.1. The number of hydrogen-bond donors (Lipinski definition) is 1. The zero-order valence-corrected chi connectivity index (χ0v) is 14.4. The predicted molar refractivity (Wildman–Crippen MR) is 90.1 cm³/mol. The molecule has 132 valence electrons. The summed E-state index contributed by atoms with van der Waals surface area (Å²) in [7, 11) is 0. The van der Waals surface area contributed by atoms with Gasteiger partial charge in [-0.2, -0.15) is 0 Å². The molecule has 2 heterocycles. The van der Waals surface area contributed by atoms with E-state index in [2.05, 4.69) is 4.98 Å². The number of nitrogens with zero attached hydrogens (tertiary/aromatic N) is 4. The Hall–Kier alpha value is -2.58. The lowest BCUT2D eigenvalue weighted by atomic mass is 10.2. The highest BCUT2D eigenvalue weighted by Crippen LogP contribution is 2.28. The SMILES string of the molecule is Cc1cc([N+](=O)[O-])c(N)nc1N1CCN(C(=O)OC(C)(C)C)CC1. The largest absolute Gasteiger partial charge is 0.444 e. The zero-order chi connectivity index (χ0) is 18.1. The minimum absolute atomic E-state index is 0.102. The van der Waals surface area contributed by atoms with E-state index in [0.717, 1.165) is 0 Å². The molecule has 1 aromatic heterocycles. The molecule has 1 aliphatic heterocycles. The molecule has 0 aliphatic carbocycles. The number of ether oxygens (including phenoxy) is 1. The van der Waals surface area contributed by atoms with E-state index in [-0.39, 0.29) is 17.6 Å². The van der Waals surface area contributed by atoms with Crippen LogP contribution in [-0.2, 0) is 4.74 Å². The Morgan fingerprint density at radius 3 is 2.42 bits per heavy atom. The highest BCUT2D eigenvalue weighted by molar-refractivity contribution is 5.69. The monoisotopic (exact) mass is 337 g/mol. The summed E-state index contributed by atoms with van der Waals surface area (Å²) < 4.78 is 5.36. The molecule has 2 N–H and O–H groups in total. The molecule has 1 saturated heterocycles. The van der Waals surface area contributed by atoms with E-state index in [9.17, 15) is 14.9 Å². The van der Waals surface area contributed by atoms with E-state index < -0.39 is 10.5 Å². The van der Waals surface area contributed by atoms with Crippen molar-refractivity contribution in [1.82, 2.24) is 9.88 Å². The van der Waals surface area contributed by atoms with E-state index in [1.807, 2.05) is 25.7 Å². The molecule has 9 heteroatoms. The standard InChI is InChI=1S/C15H23N5O4/c1-10-9-11(20(22)23)12(16)17-13(10)18-5-7-19(8-6-18)14(21)24-15(2,3)4/h9H,5-8H2,1-4H3,(H2,16,17). The second-order valence-electron chi connectivity index (χ2n) is 6.74. The lowest BCUT2D eigenvalue weighted by Gasteiger charge is -2.36. The Bertz CT molecular complexity index is 648. The average molecular weight is 337 g/mol. The first-order valence-corrected chi connectivity index (χ1v) is 7.73. The van der Waals surface area contributed by atoms with Crippen LogP contribution in [-0.4, -0.2) is 52.7 Å². The summed E-state index contributed by atoms with van der Waals surface area (Å²) in [6.45, 7) is 9.35. The van der Waals surface area contributed by atoms with E-state index in [1.54, 1.807) is 11.8 Å². The van der Waals surface area contributed by atoms with Gasteiger partial charge in [-0.3, -0.25) is 10.1 Å². The van der Waals surface area contributed by atoms with Crippen molar-refractivity contribution >= 4 is 23.4 Å². The van der Waals surface area contributed by atoms with Crippen molar-refractivity contribution in [3.8, 4) is 0 Å². The molecule has 2 rings (SSSR count). The van der Waals surface area contributed by atoms with Gasteiger partial charge in [-0.1, -0.05) is 0 Å². The summed E-state index contributed by atoms with van der Waals surface area (Å²) in [6.07, 6.45) is -0.338. The number of aromatic nitrogens is 1.